The highest BCUT2D eigenvalue weighted by Crippen LogP contribution is 2.42. The number of rotatable bonds is 6. The predicted molar refractivity (Wildman–Crippen MR) is 134 cm³/mol. The lowest BCUT2D eigenvalue weighted by Gasteiger charge is -2.38. The van der Waals surface area contributed by atoms with E-state index in [1.807, 2.05) is 16.9 Å². The Morgan fingerprint density at radius 1 is 1.12 bits per heavy atom. The molecule has 3 aliphatic rings. The van der Waals surface area contributed by atoms with Crippen molar-refractivity contribution < 1.29 is 9.47 Å². The van der Waals surface area contributed by atoms with E-state index in [1.54, 1.807) is 11.3 Å². The summed E-state index contributed by atoms with van der Waals surface area (Å²) in [5, 5.41) is 9.07. The molecule has 1 saturated carbocycles. The van der Waals surface area contributed by atoms with E-state index in [9.17, 15) is 0 Å². The predicted octanol–water partition coefficient (Wildman–Crippen LogP) is 4.72. The normalized spacial score (nSPS) is 23.5. The summed E-state index contributed by atoms with van der Waals surface area (Å²) in [6.07, 6.45) is 10.1. The monoisotopic (exact) mass is 482 g/mol. The maximum atomic E-state index is 6.66. The van der Waals surface area contributed by atoms with Crippen LogP contribution in [0, 0.1) is 0 Å². The fourth-order valence-electron chi connectivity index (χ4n) is 5.54. The van der Waals surface area contributed by atoms with Crippen molar-refractivity contribution >= 4 is 33.3 Å². The summed E-state index contributed by atoms with van der Waals surface area (Å²) in [6.45, 7) is 8.09. The van der Waals surface area contributed by atoms with E-state index in [1.165, 1.54) is 29.7 Å². The Bertz CT molecular complexity index is 1140. The van der Waals surface area contributed by atoms with Crippen LogP contribution in [-0.4, -0.2) is 63.1 Å². The Morgan fingerprint density at radius 2 is 1.94 bits per heavy atom. The molecule has 0 unspecified atom stereocenters. The van der Waals surface area contributed by atoms with Crippen molar-refractivity contribution in [1.82, 2.24) is 24.6 Å². The molecule has 2 fully saturated rings. The average molecular weight is 483 g/mol. The third-order valence-electron chi connectivity index (χ3n) is 7.39. The Kier molecular flexibility index (Phi) is 6.17. The third-order valence-corrected chi connectivity index (χ3v) is 8.58. The quantitative estimate of drug-likeness (QED) is 0.545. The molecule has 34 heavy (non-hydrogen) atoms. The van der Waals surface area contributed by atoms with Crippen LogP contribution in [0.2, 0.25) is 0 Å². The van der Waals surface area contributed by atoms with E-state index in [0.29, 0.717) is 18.0 Å². The van der Waals surface area contributed by atoms with E-state index in [0.717, 1.165) is 73.9 Å². The molecule has 0 spiro atoms. The lowest BCUT2D eigenvalue weighted by molar-refractivity contribution is -0.00124. The van der Waals surface area contributed by atoms with Crippen LogP contribution in [0.4, 0.5) is 11.8 Å². The van der Waals surface area contributed by atoms with Gasteiger partial charge in [-0.05, 0) is 64.4 Å². The molecule has 1 saturated heterocycles. The van der Waals surface area contributed by atoms with Crippen molar-refractivity contribution in [3.05, 3.63) is 22.7 Å². The van der Waals surface area contributed by atoms with Crippen LogP contribution in [0.3, 0.4) is 0 Å². The van der Waals surface area contributed by atoms with Gasteiger partial charge >= 0.3 is 0 Å². The van der Waals surface area contributed by atoms with Crippen LogP contribution >= 0.6 is 11.3 Å². The third kappa shape index (κ3) is 4.41. The van der Waals surface area contributed by atoms with E-state index in [-0.39, 0.29) is 6.10 Å². The van der Waals surface area contributed by atoms with Gasteiger partial charge in [-0.2, -0.15) is 10.1 Å². The zero-order valence-electron chi connectivity index (χ0n) is 20.1. The number of thiophene rings is 1. The summed E-state index contributed by atoms with van der Waals surface area (Å²) in [4.78, 5) is 14.8. The zero-order chi connectivity index (χ0) is 23.1. The molecule has 3 aromatic rings. The van der Waals surface area contributed by atoms with Gasteiger partial charge in [-0.3, -0.25) is 9.58 Å². The van der Waals surface area contributed by atoms with E-state index >= 15 is 0 Å². The number of nitrogens with zero attached hydrogens (tertiary/aromatic N) is 5. The van der Waals surface area contributed by atoms with Crippen molar-refractivity contribution in [2.75, 3.05) is 31.6 Å². The maximum absolute atomic E-state index is 6.66. The van der Waals surface area contributed by atoms with Crippen LogP contribution in [0.5, 0.6) is 5.88 Å². The molecule has 9 heteroatoms. The smallest absolute Gasteiger partial charge is 0.233 e. The number of hydrogen-bond donors (Lipinski definition) is 1. The number of nitrogens with one attached hydrogen (secondary N) is 1. The number of hydrogen-bond acceptors (Lipinski definition) is 8. The lowest BCUT2D eigenvalue weighted by atomic mass is 9.91. The van der Waals surface area contributed by atoms with Crippen LogP contribution in [0.1, 0.15) is 62.4 Å². The van der Waals surface area contributed by atoms with Crippen LogP contribution in [0.25, 0.3) is 10.2 Å². The summed E-state index contributed by atoms with van der Waals surface area (Å²) in [5.74, 6) is 2.08. The summed E-state index contributed by atoms with van der Waals surface area (Å²) in [5.41, 5.74) is 1.41. The molecular weight excluding hydrogens is 448 g/mol. The molecule has 0 amide bonds. The number of anilines is 2. The first kappa shape index (κ1) is 22.2. The van der Waals surface area contributed by atoms with Gasteiger partial charge in [-0.1, -0.05) is 0 Å². The van der Waals surface area contributed by atoms with Crippen molar-refractivity contribution in [2.45, 2.75) is 77.0 Å². The highest BCUT2D eigenvalue weighted by molar-refractivity contribution is 7.19. The van der Waals surface area contributed by atoms with Gasteiger partial charge in [0.1, 0.15) is 10.9 Å². The Balaban J connectivity index is 1.23. The lowest BCUT2D eigenvalue weighted by Crippen LogP contribution is -2.46. The Labute approximate surface area is 204 Å². The number of ether oxygens (including phenoxy) is 2. The van der Waals surface area contributed by atoms with Gasteiger partial charge in [0, 0.05) is 42.3 Å². The molecule has 1 aliphatic heterocycles. The standard InChI is InChI=1S/C25H34N6O2S/c1-16(2)31-11-10-21(29-31)26-25-27-23(22-19-4-3-5-20(19)34-24(22)28-25)33-18-8-6-17(7-9-18)30-12-14-32-15-13-30/h10-11,16-18H,3-9,12-15H2,1-2H3,(H,26,27,28,29). The summed E-state index contributed by atoms with van der Waals surface area (Å²) in [7, 11) is 0. The molecule has 4 heterocycles. The average Bonchev–Trinajstić information content (AvgIpc) is 3.57. The molecule has 0 atom stereocenters. The summed E-state index contributed by atoms with van der Waals surface area (Å²) < 4.78 is 14.1. The molecule has 1 N–H and O–H groups in total. The number of fused-ring (bicyclic) bond motifs is 3. The van der Waals surface area contributed by atoms with Gasteiger partial charge in [0.2, 0.25) is 11.8 Å². The van der Waals surface area contributed by atoms with E-state index in [2.05, 4.69) is 29.2 Å². The maximum Gasteiger partial charge on any atom is 0.233 e. The largest absolute Gasteiger partial charge is 0.474 e. The zero-order valence-corrected chi connectivity index (χ0v) is 20.9. The molecule has 182 valence electrons. The van der Waals surface area contributed by atoms with Gasteiger partial charge in [-0.25, -0.2) is 4.98 Å². The number of aryl methyl sites for hydroxylation is 2. The molecule has 2 aliphatic carbocycles. The topological polar surface area (TPSA) is 77.3 Å². The second-order valence-electron chi connectivity index (χ2n) is 9.99. The van der Waals surface area contributed by atoms with Gasteiger partial charge < -0.3 is 14.8 Å². The van der Waals surface area contributed by atoms with E-state index in [4.69, 9.17) is 19.4 Å². The van der Waals surface area contributed by atoms with Crippen molar-refractivity contribution in [2.24, 2.45) is 0 Å². The van der Waals surface area contributed by atoms with Gasteiger partial charge in [0.15, 0.2) is 5.82 Å². The molecular formula is C25H34N6O2S. The van der Waals surface area contributed by atoms with Crippen LogP contribution < -0.4 is 10.1 Å². The second kappa shape index (κ2) is 9.43. The second-order valence-corrected chi connectivity index (χ2v) is 11.1. The minimum atomic E-state index is 0.209. The summed E-state index contributed by atoms with van der Waals surface area (Å²) in [6, 6.07) is 2.94. The fourth-order valence-corrected chi connectivity index (χ4v) is 6.79. The van der Waals surface area contributed by atoms with E-state index < -0.39 is 0 Å². The van der Waals surface area contributed by atoms with Crippen LogP contribution in [0.15, 0.2) is 12.3 Å². The van der Waals surface area contributed by atoms with Crippen molar-refractivity contribution in [3.8, 4) is 5.88 Å². The molecule has 8 nitrogen and oxygen atoms in total. The summed E-state index contributed by atoms with van der Waals surface area (Å²) >= 11 is 1.80. The number of morpholine rings is 1. The minimum absolute atomic E-state index is 0.209. The fraction of sp³-hybridized carbons (Fsp3) is 0.640. The molecule has 3 aromatic heterocycles. The first-order chi connectivity index (χ1) is 16.6. The molecule has 0 aromatic carbocycles. The van der Waals surface area contributed by atoms with Gasteiger partial charge in [-0.15, -0.1) is 11.3 Å². The molecule has 0 bridgehead atoms. The minimum Gasteiger partial charge on any atom is -0.474 e. The first-order valence-electron chi connectivity index (χ1n) is 12.8. The Morgan fingerprint density at radius 3 is 2.71 bits per heavy atom. The van der Waals surface area contributed by atoms with Gasteiger partial charge in [0.05, 0.1) is 18.6 Å². The molecule has 0 radical (unpaired) electrons. The first-order valence-corrected chi connectivity index (χ1v) is 13.6. The van der Waals surface area contributed by atoms with Gasteiger partial charge in [0.25, 0.3) is 0 Å². The number of aromatic nitrogens is 4. The van der Waals surface area contributed by atoms with Crippen molar-refractivity contribution in [3.63, 3.8) is 0 Å². The highest BCUT2D eigenvalue weighted by atomic mass is 32.1. The Hall–Kier alpha value is -2.23. The van der Waals surface area contributed by atoms with Crippen LogP contribution in [-0.2, 0) is 17.6 Å². The van der Waals surface area contributed by atoms with Crippen molar-refractivity contribution in [1.29, 1.82) is 0 Å². The SMILES string of the molecule is CC(C)n1ccc(Nc2nc(OC3CCC(N4CCOCC4)CC3)c3c4c(sc3n2)CCC4)n1. The molecule has 6 rings (SSSR count). The highest BCUT2D eigenvalue weighted by Gasteiger charge is 2.30.